The smallest absolute Gasteiger partial charge is 0.407 e. The van der Waals surface area contributed by atoms with E-state index < -0.39 is 5.60 Å². The SMILES string of the molecule is CC(C)(C)OC(=O)NCC(C)(NCC1CCNCC1)C1CC1. The lowest BCUT2D eigenvalue weighted by molar-refractivity contribution is 0.0507. The van der Waals surface area contributed by atoms with Gasteiger partial charge in [-0.2, -0.15) is 0 Å². The number of carbonyl (C=O) groups is 1. The van der Waals surface area contributed by atoms with E-state index in [1.54, 1.807) is 0 Å². The monoisotopic (exact) mass is 311 g/mol. The zero-order valence-corrected chi connectivity index (χ0v) is 14.6. The number of alkyl carbamates (subject to hydrolysis) is 1. The van der Waals surface area contributed by atoms with Crippen molar-refractivity contribution in [2.45, 2.75) is 64.5 Å². The third-order valence-electron chi connectivity index (χ3n) is 4.73. The van der Waals surface area contributed by atoms with Crippen molar-refractivity contribution >= 4 is 6.09 Å². The lowest BCUT2D eigenvalue weighted by Gasteiger charge is -2.34. The van der Waals surface area contributed by atoms with Crippen LogP contribution in [0.2, 0.25) is 0 Å². The van der Waals surface area contributed by atoms with Crippen LogP contribution in [0.25, 0.3) is 0 Å². The normalized spacial score (nSPS) is 22.9. The third kappa shape index (κ3) is 5.76. The summed E-state index contributed by atoms with van der Waals surface area (Å²) in [5.74, 6) is 1.42. The topological polar surface area (TPSA) is 62.4 Å². The molecule has 1 aliphatic heterocycles. The first-order valence-corrected chi connectivity index (χ1v) is 8.71. The molecule has 3 N–H and O–H groups in total. The fraction of sp³-hybridized carbons (Fsp3) is 0.941. The van der Waals surface area contributed by atoms with Crippen LogP contribution < -0.4 is 16.0 Å². The highest BCUT2D eigenvalue weighted by Gasteiger charge is 2.41. The van der Waals surface area contributed by atoms with Crippen molar-refractivity contribution in [3.63, 3.8) is 0 Å². The van der Waals surface area contributed by atoms with E-state index in [0.717, 1.165) is 25.6 Å². The van der Waals surface area contributed by atoms with Gasteiger partial charge in [-0.1, -0.05) is 0 Å². The van der Waals surface area contributed by atoms with Crippen LogP contribution in [-0.2, 0) is 4.74 Å². The number of hydrogen-bond donors (Lipinski definition) is 3. The molecule has 1 heterocycles. The highest BCUT2D eigenvalue weighted by molar-refractivity contribution is 5.67. The molecule has 1 saturated heterocycles. The Hall–Kier alpha value is -0.810. The van der Waals surface area contributed by atoms with Gasteiger partial charge in [0.1, 0.15) is 5.60 Å². The van der Waals surface area contributed by atoms with Gasteiger partial charge in [0.25, 0.3) is 0 Å². The summed E-state index contributed by atoms with van der Waals surface area (Å²) in [4.78, 5) is 11.9. The Labute approximate surface area is 134 Å². The molecular formula is C17H33N3O2. The molecule has 0 aromatic carbocycles. The average Bonchev–Trinajstić information content (AvgIpc) is 3.27. The minimum atomic E-state index is -0.442. The number of piperidine rings is 1. The molecule has 1 atom stereocenters. The number of rotatable bonds is 6. The molecule has 1 amide bonds. The van der Waals surface area contributed by atoms with Crippen LogP contribution in [0.5, 0.6) is 0 Å². The molecular weight excluding hydrogens is 278 g/mol. The van der Waals surface area contributed by atoms with Crippen LogP contribution in [0.15, 0.2) is 0 Å². The van der Waals surface area contributed by atoms with Gasteiger partial charge >= 0.3 is 6.09 Å². The maximum Gasteiger partial charge on any atom is 0.407 e. The van der Waals surface area contributed by atoms with Crippen LogP contribution in [0.3, 0.4) is 0 Å². The van der Waals surface area contributed by atoms with E-state index in [1.807, 2.05) is 20.8 Å². The van der Waals surface area contributed by atoms with Crippen LogP contribution >= 0.6 is 0 Å². The summed E-state index contributed by atoms with van der Waals surface area (Å²) in [6.45, 7) is 11.8. The molecule has 1 aliphatic carbocycles. The Morgan fingerprint density at radius 1 is 1.14 bits per heavy atom. The van der Waals surface area contributed by atoms with Crippen LogP contribution in [0, 0.1) is 11.8 Å². The van der Waals surface area contributed by atoms with E-state index in [2.05, 4.69) is 22.9 Å². The van der Waals surface area contributed by atoms with Crippen molar-refractivity contribution in [2.24, 2.45) is 11.8 Å². The maximum absolute atomic E-state index is 11.9. The van der Waals surface area contributed by atoms with Gasteiger partial charge in [0.15, 0.2) is 0 Å². The maximum atomic E-state index is 11.9. The van der Waals surface area contributed by atoms with Crippen molar-refractivity contribution in [1.29, 1.82) is 0 Å². The molecule has 2 rings (SSSR count). The summed E-state index contributed by atoms with van der Waals surface area (Å²) >= 11 is 0. The lowest BCUT2D eigenvalue weighted by atomic mass is 9.92. The number of amides is 1. The highest BCUT2D eigenvalue weighted by atomic mass is 16.6. The summed E-state index contributed by atoms with van der Waals surface area (Å²) in [6.07, 6.45) is 4.68. The number of carbonyl (C=O) groups excluding carboxylic acids is 1. The minimum Gasteiger partial charge on any atom is -0.444 e. The first-order chi connectivity index (χ1) is 10.3. The molecule has 22 heavy (non-hydrogen) atoms. The van der Waals surface area contributed by atoms with E-state index in [1.165, 1.54) is 25.7 Å². The quantitative estimate of drug-likeness (QED) is 0.704. The molecule has 2 fully saturated rings. The summed E-state index contributed by atoms with van der Waals surface area (Å²) in [6, 6.07) is 0. The minimum absolute atomic E-state index is 0.0121. The van der Waals surface area contributed by atoms with Crippen molar-refractivity contribution in [3.8, 4) is 0 Å². The van der Waals surface area contributed by atoms with Gasteiger partial charge < -0.3 is 20.7 Å². The zero-order chi connectivity index (χ0) is 16.2. The molecule has 5 heteroatoms. The summed E-state index contributed by atoms with van der Waals surface area (Å²) < 4.78 is 5.34. The molecule has 0 aromatic heterocycles. The fourth-order valence-corrected chi connectivity index (χ4v) is 3.10. The van der Waals surface area contributed by atoms with Crippen molar-refractivity contribution in [2.75, 3.05) is 26.2 Å². The van der Waals surface area contributed by atoms with Crippen LogP contribution in [-0.4, -0.2) is 43.4 Å². The lowest BCUT2D eigenvalue weighted by Crippen LogP contribution is -2.55. The second-order valence-corrected chi connectivity index (χ2v) is 8.12. The Kier molecular flexibility index (Phi) is 5.72. The average molecular weight is 311 g/mol. The fourth-order valence-electron chi connectivity index (χ4n) is 3.10. The molecule has 0 spiro atoms. The summed E-state index contributed by atoms with van der Waals surface area (Å²) in [7, 11) is 0. The second-order valence-electron chi connectivity index (χ2n) is 8.12. The highest BCUT2D eigenvalue weighted by Crippen LogP contribution is 2.39. The van der Waals surface area contributed by atoms with Gasteiger partial charge in [-0.25, -0.2) is 4.79 Å². The molecule has 128 valence electrons. The third-order valence-corrected chi connectivity index (χ3v) is 4.73. The number of ether oxygens (including phenoxy) is 1. The van der Waals surface area contributed by atoms with Crippen molar-refractivity contribution < 1.29 is 9.53 Å². The van der Waals surface area contributed by atoms with Crippen LogP contribution in [0.1, 0.15) is 53.4 Å². The Morgan fingerprint density at radius 2 is 1.77 bits per heavy atom. The first-order valence-electron chi connectivity index (χ1n) is 8.71. The zero-order valence-electron chi connectivity index (χ0n) is 14.6. The number of nitrogens with one attached hydrogen (secondary N) is 3. The van der Waals surface area contributed by atoms with E-state index in [0.29, 0.717) is 12.5 Å². The summed E-state index contributed by atoms with van der Waals surface area (Å²) in [5, 5.41) is 10.1. The molecule has 0 aromatic rings. The van der Waals surface area contributed by atoms with Gasteiger partial charge in [0, 0.05) is 12.1 Å². The van der Waals surface area contributed by atoms with E-state index in [9.17, 15) is 4.79 Å². The Balaban J connectivity index is 1.78. The van der Waals surface area contributed by atoms with Gasteiger partial charge in [-0.3, -0.25) is 0 Å². The van der Waals surface area contributed by atoms with E-state index in [-0.39, 0.29) is 11.6 Å². The van der Waals surface area contributed by atoms with Gasteiger partial charge in [-0.15, -0.1) is 0 Å². The molecule has 0 bridgehead atoms. The van der Waals surface area contributed by atoms with Gasteiger partial charge in [0.2, 0.25) is 0 Å². The predicted octanol–water partition coefficient (Wildman–Crippen LogP) is 2.27. The molecule has 0 radical (unpaired) electrons. The largest absolute Gasteiger partial charge is 0.444 e. The van der Waals surface area contributed by atoms with Crippen LogP contribution in [0.4, 0.5) is 4.79 Å². The second kappa shape index (κ2) is 7.18. The predicted molar refractivity (Wildman–Crippen MR) is 89.0 cm³/mol. The summed E-state index contributed by atoms with van der Waals surface area (Å²) in [5.41, 5.74) is -0.454. The molecule has 1 unspecified atom stereocenters. The number of hydrogen-bond acceptors (Lipinski definition) is 4. The van der Waals surface area contributed by atoms with E-state index in [4.69, 9.17) is 4.74 Å². The first kappa shape index (κ1) is 17.5. The molecule has 1 saturated carbocycles. The van der Waals surface area contributed by atoms with Gasteiger partial charge in [-0.05, 0) is 84.8 Å². The molecule has 5 nitrogen and oxygen atoms in total. The van der Waals surface area contributed by atoms with E-state index >= 15 is 0 Å². The Morgan fingerprint density at radius 3 is 2.32 bits per heavy atom. The van der Waals surface area contributed by atoms with Crippen molar-refractivity contribution in [3.05, 3.63) is 0 Å². The Bertz CT molecular complexity index is 371. The van der Waals surface area contributed by atoms with Crippen molar-refractivity contribution in [1.82, 2.24) is 16.0 Å². The molecule has 2 aliphatic rings. The standard InChI is InChI=1S/C17H33N3O2/c1-16(2,3)22-15(21)19-12-17(4,14-5-6-14)20-11-13-7-9-18-10-8-13/h13-14,18,20H,5-12H2,1-4H3,(H,19,21). The van der Waals surface area contributed by atoms with Gasteiger partial charge in [0.05, 0.1) is 0 Å².